The monoisotopic (exact) mass is 164 g/mol. The van der Waals surface area contributed by atoms with Gasteiger partial charge in [-0.25, -0.2) is 8.78 Å². The van der Waals surface area contributed by atoms with Crippen molar-refractivity contribution < 1.29 is 10.2 Å². The van der Waals surface area contributed by atoms with Gasteiger partial charge >= 0.3 is 0 Å². The Kier molecular flexibility index (Phi) is 2.85. The summed E-state index contributed by atoms with van der Waals surface area (Å²) in [5.74, 6) is -1.80. The molecule has 1 aliphatic carbocycles. The molecule has 1 unspecified atom stereocenters. The molecule has 1 atom stereocenters. The lowest BCUT2D eigenvalue weighted by Crippen LogP contribution is -2.13. The first kappa shape index (κ1) is 8.95. The average Bonchev–Trinajstić information content (AvgIpc) is 2.10. The lowest BCUT2D eigenvalue weighted by atomic mass is 9.98. The molecule has 11 heavy (non-hydrogen) atoms. The minimum atomic E-state index is -2.36. The summed E-state index contributed by atoms with van der Waals surface area (Å²) in [5, 5.41) is 0. The van der Waals surface area contributed by atoms with E-state index in [1.165, 1.54) is 0 Å². The summed E-state index contributed by atoms with van der Waals surface area (Å²) in [7, 11) is 0. The van der Waals surface area contributed by atoms with Crippen LogP contribution in [-0.4, -0.2) is 5.92 Å². The molecule has 0 N–H and O–H groups in total. The van der Waals surface area contributed by atoms with Crippen LogP contribution >= 0.6 is 0 Å². The van der Waals surface area contributed by atoms with E-state index in [0.29, 0.717) is 12.3 Å². The van der Waals surface area contributed by atoms with Gasteiger partial charge < -0.3 is 0 Å². The maximum Gasteiger partial charge on any atom is 0.248 e. The smallest absolute Gasteiger partial charge is 0.207 e. The van der Waals surface area contributed by atoms with Crippen LogP contribution in [0.15, 0.2) is 0 Å². The number of hydrogen-bond donors (Lipinski definition) is 0. The summed E-state index contributed by atoms with van der Waals surface area (Å²) in [4.78, 5) is 0. The molecule has 0 saturated heterocycles. The quantitative estimate of drug-likeness (QED) is 0.516. The Bertz CT molecular complexity index is 126. The predicted molar refractivity (Wildman–Crippen MR) is 43.9 cm³/mol. The van der Waals surface area contributed by atoms with Crippen LogP contribution in [0.25, 0.3) is 0 Å². The second kappa shape index (κ2) is 3.51. The summed E-state index contributed by atoms with van der Waals surface area (Å²) in [6, 6.07) is 0. The average molecular weight is 164 g/mol. The molecule has 0 aliphatic heterocycles. The van der Waals surface area contributed by atoms with Crippen LogP contribution in [0.4, 0.5) is 8.78 Å². The second-order valence-corrected chi connectivity index (χ2v) is 3.56. The van der Waals surface area contributed by atoms with Gasteiger partial charge in [0.1, 0.15) is 0 Å². The molecule has 0 amide bonds. The molecule has 0 aromatic rings. The maximum atomic E-state index is 12.8. The highest BCUT2D eigenvalue weighted by Crippen LogP contribution is 2.35. The Morgan fingerprint density at radius 2 is 2.09 bits per heavy atom. The van der Waals surface area contributed by atoms with Gasteiger partial charge in [-0.15, -0.1) is 0 Å². The summed E-state index contributed by atoms with van der Waals surface area (Å²) < 4.78 is 25.5. The first-order valence-electron chi connectivity index (χ1n) is 4.52. The molecule has 1 aliphatic rings. The summed E-state index contributed by atoms with van der Waals surface area (Å²) >= 11 is 0. The zero-order chi connectivity index (χ0) is 8.32. The van der Waals surface area contributed by atoms with Crippen molar-refractivity contribution in [3.05, 3.63) is 0 Å². The SMILES string of the molecule is CCC1CCCC(F)(F)CC1.[HH]. The van der Waals surface area contributed by atoms with E-state index in [-0.39, 0.29) is 14.3 Å². The van der Waals surface area contributed by atoms with Gasteiger partial charge in [0.05, 0.1) is 0 Å². The fraction of sp³-hybridized carbons (Fsp3) is 1.00. The third-order valence-corrected chi connectivity index (χ3v) is 2.65. The van der Waals surface area contributed by atoms with Gasteiger partial charge in [0.15, 0.2) is 0 Å². The second-order valence-electron chi connectivity index (χ2n) is 3.56. The minimum absolute atomic E-state index is 0. The molecule has 1 saturated carbocycles. The largest absolute Gasteiger partial charge is 0.248 e. The number of rotatable bonds is 1. The Morgan fingerprint density at radius 1 is 1.36 bits per heavy atom. The van der Waals surface area contributed by atoms with Gasteiger partial charge in [0, 0.05) is 14.3 Å². The highest BCUT2D eigenvalue weighted by atomic mass is 19.3. The number of alkyl halides is 2. The highest BCUT2D eigenvalue weighted by Gasteiger charge is 2.31. The molecular formula is C9H18F2. The fourth-order valence-electron chi connectivity index (χ4n) is 1.74. The molecule has 2 heteroatoms. The van der Waals surface area contributed by atoms with Crippen molar-refractivity contribution in [3.8, 4) is 0 Å². The summed E-state index contributed by atoms with van der Waals surface area (Å²) in [5.41, 5.74) is 0. The van der Waals surface area contributed by atoms with Gasteiger partial charge in [-0.3, -0.25) is 0 Å². The number of halogens is 2. The lowest BCUT2D eigenvalue weighted by molar-refractivity contribution is -0.0148. The van der Waals surface area contributed by atoms with E-state index in [1.807, 2.05) is 0 Å². The lowest BCUT2D eigenvalue weighted by Gasteiger charge is -2.12. The zero-order valence-corrected chi connectivity index (χ0v) is 7.08. The van der Waals surface area contributed by atoms with Crippen LogP contribution < -0.4 is 0 Å². The molecule has 0 radical (unpaired) electrons. The maximum absolute atomic E-state index is 12.8. The van der Waals surface area contributed by atoms with Crippen molar-refractivity contribution in [3.63, 3.8) is 0 Å². The van der Waals surface area contributed by atoms with Crippen LogP contribution in [0.1, 0.15) is 46.9 Å². The van der Waals surface area contributed by atoms with Crippen LogP contribution in [0.2, 0.25) is 0 Å². The van der Waals surface area contributed by atoms with E-state index in [9.17, 15) is 8.78 Å². The van der Waals surface area contributed by atoms with Crippen molar-refractivity contribution in [1.82, 2.24) is 0 Å². The van der Waals surface area contributed by atoms with Crippen molar-refractivity contribution in [2.75, 3.05) is 0 Å². The molecule has 0 aromatic heterocycles. The van der Waals surface area contributed by atoms with Crippen LogP contribution in [0.5, 0.6) is 0 Å². The Labute approximate surface area is 68.5 Å². The van der Waals surface area contributed by atoms with E-state index in [0.717, 1.165) is 19.3 Å². The van der Waals surface area contributed by atoms with E-state index < -0.39 is 5.92 Å². The summed E-state index contributed by atoms with van der Waals surface area (Å²) in [6.45, 7) is 2.09. The molecule has 1 fully saturated rings. The molecule has 0 heterocycles. The fourth-order valence-corrected chi connectivity index (χ4v) is 1.74. The minimum Gasteiger partial charge on any atom is -0.207 e. The topological polar surface area (TPSA) is 0 Å². The Hall–Kier alpha value is -0.140. The molecule has 68 valence electrons. The van der Waals surface area contributed by atoms with E-state index in [4.69, 9.17) is 0 Å². The normalized spacial score (nSPS) is 31.4. The molecule has 0 nitrogen and oxygen atoms in total. The molecule has 0 bridgehead atoms. The van der Waals surface area contributed by atoms with Crippen molar-refractivity contribution in [1.29, 1.82) is 0 Å². The highest BCUT2D eigenvalue weighted by molar-refractivity contribution is 4.74. The first-order chi connectivity index (χ1) is 5.14. The number of hydrogen-bond acceptors (Lipinski definition) is 0. The molecule has 0 aromatic carbocycles. The van der Waals surface area contributed by atoms with Crippen molar-refractivity contribution in [2.24, 2.45) is 5.92 Å². The molecular weight excluding hydrogens is 146 g/mol. The van der Waals surface area contributed by atoms with Gasteiger partial charge in [-0.05, 0) is 18.8 Å². The Balaban J connectivity index is 0.00000121. The van der Waals surface area contributed by atoms with Crippen LogP contribution in [0, 0.1) is 5.92 Å². The summed E-state index contributed by atoms with van der Waals surface area (Å²) in [6.07, 6.45) is 3.74. The van der Waals surface area contributed by atoms with Crippen molar-refractivity contribution in [2.45, 2.75) is 51.4 Å². The molecule has 1 rings (SSSR count). The standard InChI is InChI=1S/C9H16F2.H2/c1-2-8-4-3-6-9(10,11)7-5-8;/h8H,2-7H2,1H3;1H. The van der Waals surface area contributed by atoms with Gasteiger partial charge in [0.2, 0.25) is 5.92 Å². The zero-order valence-electron chi connectivity index (χ0n) is 7.08. The van der Waals surface area contributed by atoms with E-state index in [2.05, 4.69) is 6.92 Å². The van der Waals surface area contributed by atoms with E-state index in [1.54, 1.807) is 0 Å². The first-order valence-corrected chi connectivity index (χ1v) is 4.52. The molecule has 0 spiro atoms. The Morgan fingerprint density at radius 3 is 2.73 bits per heavy atom. The van der Waals surface area contributed by atoms with Crippen molar-refractivity contribution >= 4 is 0 Å². The third kappa shape index (κ3) is 2.76. The van der Waals surface area contributed by atoms with Gasteiger partial charge in [-0.2, -0.15) is 0 Å². The predicted octanol–water partition coefficient (Wildman–Crippen LogP) is 3.86. The van der Waals surface area contributed by atoms with Gasteiger partial charge in [-0.1, -0.05) is 19.8 Å². The van der Waals surface area contributed by atoms with Crippen LogP contribution in [-0.2, 0) is 0 Å². The van der Waals surface area contributed by atoms with E-state index >= 15 is 0 Å². The van der Waals surface area contributed by atoms with Crippen LogP contribution in [0.3, 0.4) is 0 Å². The third-order valence-electron chi connectivity index (χ3n) is 2.65. The van der Waals surface area contributed by atoms with Gasteiger partial charge in [0.25, 0.3) is 0 Å².